The van der Waals surface area contributed by atoms with Crippen LogP contribution in [0.5, 0.6) is 5.75 Å². The third-order valence-electron chi connectivity index (χ3n) is 9.58. The highest BCUT2D eigenvalue weighted by Gasteiger charge is 2.42. The summed E-state index contributed by atoms with van der Waals surface area (Å²) in [5, 5.41) is 4.98. The fourth-order valence-electron chi connectivity index (χ4n) is 6.78. The van der Waals surface area contributed by atoms with E-state index in [9.17, 15) is 14.4 Å². The number of urea groups is 1. The van der Waals surface area contributed by atoms with Crippen molar-refractivity contribution in [2.24, 2.45) is 0 Å². The van der Waals surface area contributed by atoms with Crippen molar-refractivity contribution in [2.75, 3.05) is 51.3 Å². The largest absolute Gasteiger partial charge is 0.497 e. The van der Waals surface area contributed by atoms with Crippen molar-refractivity contribution in [3.05, 3.63) is 53.6 Å². The average Bonchev–Trinajstić information content (AvgIpc) is 3.50. The third-order valence-corrected chi connectivity index (χ3v) is 9.58. The number of carbonyl (C=O) groups excluding carboxylic acids is 3. The van der Waals surface area contributed by atoms with E-state index in [0.29, 0.717) is 30.2 Å². The van der Waals surface area contributed by atoms with E-state index in [2.05, 4.69) is 35.7 Å². The molecule has 1 aromatic heterocycles. The molecule has 4 aliphatic heterocycles. The van der Waals surface area contributed by atoms with Crippen LogP contribution in [0.25, 0.3) is 11.0 Å². The van der Waals surface area contributed by atoms with Crippen LogP contribution >= 0.6 is 0 Å². The Balaban J connectivity index is 0.000000606. The summed E-state index contributed by atoms with van der Waals surface area (Å²) in [4.78, 5) is 48.5. The maximum absolute atomic E-state index is 13.5. The van der Waals surface area contributed by atoms with Crippen LogP contribution in [-0.2, 0) is 22.6 Å². The van der Waals surface area contributed by atoms with Gasteiger partial charge in [-0.1, -0.05) is 44.1 Å². The maximum Gasteiger partial charge on any atom is 0.410 e. The number of methoxy groups -OCH3 is 1. The first-order valence-corrected chi connectivity index (χ1v) is 17.5. The van der Waals surface area contributed by atoms with Gasteiger partial charge < -0.3 is 23.8 Å². The smallest absolute Gasteiger partial charge is 0.410 e. The molecule has 0 radical (unpaired) electrons. The fourth-order valence-corrected chi connectivity index (χ4v) is 6.78. The van der Waals surface area contributed by atoms with E-state index in [1.54, 1.807) is 7.11 Å². The number of aromatic nitrogens is 1. The van der Waals surface area contributed by atoms with Gasteiger partial charge in [-0.05, 0) is 88.6 Å². The molecule has 49 heavy (non-hydrogen) atoms. The summed E-state index contributed by atoms with van der Waals surface area (Å²) in [6.45, 7) is 18.3. The Morgan fingerprint density at radius 2 is 1.61 bits per heavy atom. The van der Waals surface area contributed by atoms with Crippen LogP contribution < -0.4 is 9.64 Å². The molecule has 0 spiro atoms. The van der Waals surface area contributed by atoms with Gasteiger partial charge in [-0.3, -0.25) is 19.5 Å². The van der Waals surface area contributed by atoms with E-state index in [0.717, 1.165) is 35.9 Å². The number of rotatable bonds is 9. The molecule has 4 saturated heterocycles. The number of hydrogen-bond donors (Lipinski definition) is 0. The first-order chi connectivity index (χ1) is 23.4. The molecule has 4 amide bonds. The molecule has 3 aromatic rings. The number of carbonyl (C=O) groups is 3. The number of anilines is 1. The molecule has 0 N–H and O–H groups in total. The van der Waals surface area contributed by atoms with Gasteiger partial charge >= 0.3 is 12.1 Å². The quantitative estimate of drug-likeness (QED) is 0.264. The summed E-state index contributed by atoms with van der Waals surface area (Å²) in [6, 6.07) is 13.2. The van der Waals surface area contributed by atoms with E-state index in [4.69, 9.17) is 14.0 Å². The zero-order chi connectivity index (χ0) is 35.3. The van der Waals surface area contributed by atoms with Gasteiger partial charge in [0, 0.05) is 44.7 Å². The minimum absolute atomic E-state index is 0.125. The molecular formula is C37H52N6O6. The van der Waals surface area contributed by atoms with Crippen molar-refractivity contribution in [1.82, 2.24) is 24.8 Å². The van der Waals surface area contributed by atoms with Gasteiger partial charge in [0.2, 0.25) is 5.91 Å². The Hall–Kier alpha value is -4.16. The lowest BCUT2D eigenvalue weighted by atomic mass is 9.90. The second-order valence-electron chi connectivity index (χ2n) is 13.9. The third kappa shape index (κ3) is 8.53. The molecule has 2 unspecified atom stereocenters. The highest BCUT2D eigenvalue weighted by atomic mass is 16.6. The van der Waals surface area contributed by atoms with Crippen LogP contribution in [0, 0.1) is 0 Å². The maximum atomic E-state index is 13.5. The lowest BCUT2D eigenvalue weighted by Crippen LogP contribution is -2.63. The molecule has 7 rings (SSSR count). The molecule has 0 aliphatic carbocycles. The van der Waals surface area contributed by atoms with Crippen LogP contribution in [0.15, 0.2) is 47.0 Å². The molecule has 4 fully saturated rings. The molecule has 2 aromatic carbocycles. The monoisotopic (exact) mass is 676 g/mol. The molecule has 4 aliphatic rings. The van der Waals surface area contributed by atoms with Gasteiger partial charge in [0.25, 0.3) is 0 Å². The Morgan fingerprint density at radius 3 is 2.20 bits per heavy atom. The van der Waals surface area contributed by atoms with Crippen molar-refractivity contribution in [3.8, 4) is 5.75 Å². The highest BCUT2D eigenvalue weighted by molar-refractivity contribution is 6.08. The first kappa shape index (κ1) is 36.1. The summed E-state index contributed by atoms with van der Waals surface area (Å²) in [7, 11) is 1.59. The second kappa shape index (κ2) is 15.6. The van der Waals surface area contributed by atoms with Gasteiger partial charge in [-0.25, -0.2) is 9.59 Å². The Bertz CT molecular complexity index is 1590. The predicted molar refractivity (Wildman–Crippen MR) is 189 cm³/mol. The van der Waals surface area contributed by atoms with Gasteiger partial charge in [-0.15, -0.1) is 0 Å². The highest BCUT2D eigenvalue weighted by Crippen LogP contribution is 2.34. The SMILES string of the molecule is CCN(CC)CC.COc1ccc(CN2C(=O)CCN(c3noc4ccc(CN5CC6CCC5CN6C(=O)OC(C)(C)C)cc34)C2=O)cc1. The summed E-state index contributed by atoms with van der Waals surface area (Å²) < 4.78 is 16.5. The number of benzene rings is 2. The normalized spacial score (nSPS) is 19.8. The number of fused-ring (bicyclic) bond motifs is 4. The molecule has 0 saturated carbocycles. The minimum atomic E-state index is -0.519. The molecule has 5 heterocycles. The number of piperidine rings is 2. The number of hydrogen-bond acceptors (Lipinski definition) is 9. The van der Waals surface area contributed by atoms with E-state index in [1.165, 1.54) is 29.4 Å². The zero-order valence-corrected chi connectivity index (χ0v) is 30.1. The van der Waals surface area contributed by atoms with Gasteiger partial charge in [-0.2, -0.15) is 0 Å². The first-order valence-electron chi connectivity index (χ1n) is 17.5. The van der Waals surface area contributed by atoms with Gasteiger partial charge in [0.1, 0.15) is 11.4 Å². The van der Waals surface area contributed by atoms with Crippen molar-refractivity contribution in [3.63, 3.8) is 0 Å². The summed E-state index contributed by atoms with van der Waals surface area (Å²) in [5.74, 6) is 0.903. The fraction of sp³-hybridized carbons (Fsp3) is 0.568. The Morgan fingerprint density at radius 1 is 0.939 bits per heavy atom. The number of piperazine rings is 1. The molecule has 12 heteroatoms. The van der Waals surface area contributed by atoms with Gasteiger partial charge in [0.05, 0.1) is 19.0 Å². The predicted octanol–water partition coefficient (Wildman–Crippen LogP) is 6.13. The molecule has 2 bridgehead atoms. The lowest BCUT2D eigenvalue weighted by Gasteiger charge is -2.51. The lowest BCUT2D eigenvalue weighted by molar-refractivity contribution is -0.129. The van der Waals surface area contributed by atoms with Crippen LogP contribution in [0.4, 0.5) is 15.4 Å². The van der Waals surface area contributed by atoms with Crippen molar-refractivity contribution in [1.29, 1.82) is 0 Å². The number of ether oxygens (including phenoxy) is 2. The Kier molecular flexibility index (Phi) is 11.5. The molecule has 12 nitrogen and oxygen atoms in total. The number of nitrogens with zero attached hydrogens (tertiary/aromatic N) is 6. The van der Waals surface area contributed by atoms with Crippen molar-refractivity contribution < 1.29 is 28.4 Å². The standard InChI is InChI=1S/C31H37N5O6.C6H15N/c1-31(2,3)41-30(39)35-19-22-8-9-23(35)18-33(22)16-21-7-12-26-25(15-21)28(32-42-26)34-14-13-27(37)36(29(34)38)17-20-5-10-24(40-4)11-6-20;1-4-7(5-2)6-3/h5-7,10-12,15,22-23H,8-9,13-14,16-19H2,1-4H3;4-6H2,1-3H3. The topological polar surface area (TPSA) is 112 Å². The van der Waals surface area contributed by atoms with Crippen LogP contribution in [0.2, 0.25) is 0 Å². The van der Waals surface area contributed by atoms with E-state index >= 15 is 0 Å². The number of imide groups is 1. The van der Waals surface area contributed by atoms with E-state index in [-0.39, 0.29) is 43.6 Å². The van der Waals surface area contributed by atoms with Crippen LogP contribution in [0.1, 0.15) is 71.9 Å². The van der Waals surface area contributed by atoms with Crippen LogP contribution in [-0.4, -0.2) is 107 Å². The van der Waals surface area contributed by atoms with E-state index < -0.39 is 11.6 Å². The second-order valence-corrected chi connectivity index (χ2v) is 13.9. The average molecular weight is 677 g/mol. The Labute approximate surface area is 289 Å². The summed E-state index contributed by atoms with van der Waals surface area (Å²) in [5.41, 5.74) is 1.96. The molecule has 266 valence electrons. The summed E-state index contributed by atoms with van der Waals surface area (Å²) in [6.07, 6.45) is 1.96. The zero-order valence-electron chi connectivity index (χ0n) is 30.1. The van der Waals surface area contributed by atoms with E-state index in [1.807, 2.05) is 68.1 Å². The summed E-state index contributed by atoms with van der Waals surface area (Å²) >= 11 is 0. The van der Waals surface area contributed by atoms with Crippen LogP contribution in [0.3, 0.4) is 0 Å². The molecular weight excluding hydrogens is 624 g/mol. The van der Waals surface area contributed by atoms with Gasteiger partial charge in [0.15, 0.2) is 11.4 Å². The minimum Gasteiger partial charge on any atom is -0.497 e. The number of amides is 4. The molecule has 2 atom stereocenters. The van der Waals surface area contributed by atoms with Crippen molar-refractivity contribution in [2.45, 2.75) is 91.6 Å². The van der Waals surface area contributed by atoms with Crippen molar-refractivity contribution >= 4 is 34.8 Å².